The van der Waals surface area contributed by atoms with E-state index in [1.807, 2.05) is 36.4 Å². The van der Waals surface area contributed by atoms with Crippen LogP contribution in [0.2, 0.25) is 0 Å². The molecule has 0 bridgehead atoms. The van der Waals surface area contributed by atoms with E-state index in [-0.39, 0.29) is 0 Å². The van der Waals surface area contributed by atoms with Gasteiger partial charge in [-0.3, -0.25) is 0 Å². The molecule has 0 atom stereocenters. The van der Waals surface area contributed by atoms with E-state index in [0.29, 0.717) is 0 Å². The Balaban J connectivity index is 0.000000142. The van der Waals surface area contributed by atoms with Crippen LogP contribution in [0.15, 0.2) is 57.8 Å². The van der Waals surface area contributed by atoms with Crippen LogP contribution in [0.3, 0.4) is 0 Å². The minimum absolute atomic E-state index is 0.850. The predicted octanol–water partition coefficient (Wildman–Crippen LogP) is 4.06. The van der Waals surface area contributed by atoms with E-state index in [4.69, 9.17) is 9.15 Å². The van der Waals surface area contributed by atoms with Gasteiger partial charge in [-0.15, -0.1) is 12.6 Å². The first-order chi connectivity index (χ1) is 10.8. The van der Waals surface area contributed by atoms with Crippen molar-refractivity contribution in [3.05, 3.63) is 59.9 Å². The lowest BCUT2D eigenvalue weighted by atomic mass is 10.1. The second kappa shape index (κ2) is 6.90. The molecule has 4 heteroatoms. The first kappa shape index (κ1) is 15.0. The summed E-state index contributed by atoms with van der Waals surface area (Å²) in [6.45, 7) is 1.94. The molecule has 114 valence electrons. The van der Waals surface area contributed by atoms with E-state index < -0.39 is 0 Å². The number of ether oxygens (including phenoxy) is 1. The molecule has 0 spiro atoms. The zero-order valence-electron chi connectivity index (χ0n) is 12.5. The Labute approximate surface area is 135 Å². The minimum Gasteiger partial charge on any atom is -0.497 e. The number of fused-ring (bicyclic) bond motifs is 3. The SMILES string of the molecule is COc1cccc(S)c1.c1ccc2c3c(oc2c1)CNCC3. The maximum Gasteiger partial charge on any atom is 0.134 e. The smallest absolute Gasteiger partial charge is 0.134 e. The number of para-hydroxylation sites is 1. The number of methoxy groups -OCH3 is 1. The van der Waals surface area contributed by atoms with Gasteiger partial charge in [0.1, 0.15) is 17.1 Å². The summed E-state index contributed by atoms with van der Waals surface area (Å²) < 4.78 is 10.7. The lowest BCUT2D eigenvalue weighted by Gasteiger charge is -2.10. The second-order valence-electron chi connectivity index (χ2n) is 5.13. The fourth-order valence-corrected chi connectivity index (χ4v) is 2.81. The Bertz CT molecular complexity index is 767. The van der Waals surface area contributed by atoms with Gasteiger partial charge in [0, 0.05) is 15.8 Å². The largest absolute Gasteiger partial charge is 0.497 e. The van der Waals surface area contributed by atoms with Crippen molar-refractivity contribution in [1.82, 2.24) is 5.32 Å². The molecule has 1 aromatic heterocycles. The van der Waals surface area contributed by atoms with Gasteiger partial charge < -0.3 is 14.5 Å². The fraction of sp³-hybridized carbons (Fsp3) is 0.222. The standard InChI is InChI=1S/C11H11NO.C7H8OS/c1-2-4-10-8(3-1)9-5-6-12-7-11(9)13-10;1-8-6-3-2-4-7(9)5-6/h1-4,12H,5-7H2;2-5,9H,1H3. The van der Waals surface area contributed by atoms with Crippen molar-refractivity contribution in [1.29, 1.82) is 0 Å². The highest BCUT2D eigenvalue weighted by Crippen LogP contribution is 2.27. The molecular formula is C18H19NO2S. The molecule has 22 heavy (non-hydrogen) atoms. The molecule has 4 rings (SSSR count). The topological polar surface area (TPSA) is 34.4 Å². The first-order valence-electron chi connectivity index (χ1n) is 7.31. The Kier molecular flexibility index (Phi) is 4.71. The molecule has 1 aliphatic heterocycles. The Morgan fingerprint density at radius 2 is 2.00 bits per heavy atom. The third-order valence-corrected chi connectivity index (χ3v) is 3.95. The summed E-state index contributed by atoms with van der Waals surface area (Å²) in [4.78, 5) is 0.925. The van der Waals surface area contributed by atoms with E-state index in [2.05, 4.69) is 30.1 Å². The number of hydrogen-bond acceptors (Lipinski definition) is 4. The number of nitrogens with one attached hydrogen (secondary N) is 1. The highest BCUT2D eigenvalue weighted by Gasteiger charge is 2.16. The van der Waals surface area contributed by atoms with Gasteiger partial charge in [-0.1, -0.05) is 24.3 Å². The van der Waals surface area contributed by atoms with Crippen molar-refractivity contribution < 1.29 is 9.15 Å². The van der Waals surface area contributed by atoms with Crippen LogP contribution in [-0.2, 0) is 13.0 Å². The van der Waals surface area contributed by atoms with Gasteiger partial charge in [0.05, 0.1) is 13.7 Å². The van der Waals surface area contributed by atoms with Gasteiger partial charge in [0.2, 0.25) is 0 Å². The van der Waals surface area contributed by atoms with Crippen LogP contribution in [0.1, 0.15) is 11.3 Å². The Hall–Kier alpha value is -1.91. The van der Waals surface area contributed by atoms with Crippen LogP contribution in [-0.4, -0.2) is 13.7 Å². The fourth-order valence-electron chi connectivity index (χ4n) is 2.59. The molecule has 2 aromatic carbocycles. The van der Waals surface area contributed by atoms with E-state index >= 15 is 0 Å². The lowest BCUT2D eigenvalue weighted by molar-refractivity contribution is 0.413. The lowest BCUT2D eigenvalue weighted by Crippen LogP contribution is -2.22. The summed E-state index contributed by atoms with van der Waals surface area (Å²) in [5.41, 5.74) is 2.42. The summed E-state index contributed by atoms with van der Waals surface area (Å²) in [6, 6.07) is 15.8. The molecule has 0 saturated heterocycles. The minimum atomic E-state index is 0.850. The molecule has 2 heterocycles. The molecular weight excluding hydrogens is 294 g/mol. The number of rotatable bonds is 1. The molecule has 0 amide bonds. The Morgan fingerprint density at radius 1 is 1.14 bits per heavy atom. The highest BCUT2D eigenvalue weighted by atomic mass is 32.1. The summed E-state index contributed by atoms with van der Waals surface area (Å²) in [5, 5.41) is 4.60. The summed E-state index contributed by atoms with van der Waals surface area (Å²) in [5.74, 6) is 1.97. The molecule has 1 aliphatic rings. The van der Waals surface area contributed by atoms with Crippen LogP contribution in [0.4, 0.5) is 0 Å². The maximum absolute atomic E-state index is 5.73. The van der Waals surface area contributed by atoms with E-state index in [9.17, 15) is 0 Å². The quantitative estimate of drug-likeness (QED) is 0.665. The summed E-state index contributed by atoms with van der Waals surface area (Å²) in [7, 11) is 1.64. The van der Waals surface area contributed by atoms with Crippen molar-refractivity contribution in [2.75, 3.05) is 13.7 Å². The molecule has 0 fully saturated rings. The van der Waals surface area contributed by atoms with Crippen LogP contribution in [0.5, 0.6) is 5.75 Å². The Morgan fingerprint density at radius 3 is 2.77 bits per heavy atom. The molecule has 0 saturated carbocycles. The number of benzene rings is 2. The number of hydrogen-bond donors (Lipinski definition) is 2. The average Bonchev–Trinajstić information content (AvgIpc) is 2.94. The van der Waals surface area contributed by atoms with Gasteiger partial charge in [-0.2, -0.15) is 0 Å². The average molecular weight is 313 g/mol. The van der Waals surface area contributed by atoms with Gasteiger partial charge >= 0.3 is 0 Å². The maximum atomic E-state index is 5.73. The summed E-state index contributed by atoms with van der Waals surface area (Å²) in [6.07, 6.45) is 1.09. The molecule has 1 N–H and O–H groups in total. The van der Waals surface area contributed by atoms with Crippen molar-refractivity contribution in [3.8, 4) is 5.75 Å². The van der Waals surface area contributed by atoms with Gasteiger partial charge in [-0.05, 0) is 37.2 Å². The van der Waals surface area contributed by atoms with Gasteiger partial charge in [0.15, 0.2) is 0 Å². The highest BCUT2D eigenvalue weighted by molar-refractivity contribution is 7.80. The van der Waals surface area contributed by atoms with E-state index in [1.54, 1.807) is 7.11 Å². The van der Waals surface area contributed by atoms with Crippen molar-refractivity contribution in [2.24, 2.45) is 0 Å². The van der Waals surface area contributed by atoms with Gasteiger partial charge in [-0.25, -0.2) is 0 Å². The molecule has 0 unspecified atom stereocenters. The van der Waals surface area contributed by atoms with Crippen LogP contribution in [0, 0.1) is 0 Å². The summed E-state index contributed by atoms with van der Waals surface area (Å²) >= 11 is 4.13. The van der Waals surface area contributed by atoms with Crippen LogP contribution >= 0.6 is 12.6 Å². The third-order valence-electron chi connectivity index (χ3n) is 3.67. The monoisotopic (exact) mass is 313 g/mol. The van der Waals surface area contributed by atoms with E-state index in [1.165, 1.54) is 10.9 Å². The number of thiol groups is 1. The van der Waals surface area contributed by atoms with Crippen molar-refractivity contribution in [3.63, 3.8) is 0 Å². The van der Waals surface area contributed by atoms with Crippen molar-refractivity contribution >= 4 is 23.6 Å². The molecule has 0 aliphatic carbocycles. The van der Waals surface area contributed by atoms with Crippen LogP contribution in [0.25, 0.3) is 11.0 Å². The van der Waals surface area contributed by atoms with Crippen molar-refractivity contribution in [2.45, 2.75) is 17.9 Å². The van der Waals surface area contributed by atoms with E-state index in [0.717, 1.165) is 41.5 Å². The van der Waals surface area contributed by atoms with Crippen LogP contribution < -0.4 is 10.1 Å². The zero-order valence-corrected chi connectivity index (χ0v) is 13.4. The first-order valence-corrected chi connectivity index (χ1v) is 7.75. The molecule has 3 aromatic rings. The molecule has 3 nitrogen and oxygen atoms in total. The number of furan rings is 1. The normalized spacial score (nSPS) is 13.2. The molecule has 0 radical (unpaired) electrons. The van der Waals surface area contributed by atoms with Gasteiger partial charge in [0.25, 0.3) is 0 Å². The predicted molar refractivity (Wildman–Crippen MR) is 91.9 cm³/mol. The second-order valence-corrected chi connectivity index (χ2v) is 5.64. The third kappa shape index (κ3) is 3.29. The zero-order chi connectivity index (χ0) is 15.4.